The first kappa shape index (κ1) is 13.9. The largest absolute Gasteiger partial charge is 0.457 e. The number of rotatable bonds is 5. The predicted molar refractivity (Wildman–Crippen MR) is 81.8 cm³/mol. The lowest BCUT2D eigenvalue weighted by Crippen LogP contribution is -2.30. The molecule has 1 unspecified atom stereocenters. The van der Waals surface area contributed by atoms with Crippen molar-refractivity contribution in [3.05, 3.63) is 54.6 Å². The van der Waals surface area contributed by atoms with E-state index in [4.69, 9.17) is 14.2 Å². The summed E-state index contributed by atoms with van der Waals surface area (Å²) in [6.45, 7) is 1.97. The van der Waals surface area contributed by atoms with Gasteiger partial charge in [0.25, 0.3) is 0 Å². The van der Waals surface area contributed by atoms with E-state index in [2.05, 4.69) is 5.32 Å². The molecule has 1 heterocycles. The van der Waals surface area contributed by atoms with E-state index in [1.165, 1.54) is 0 Å². The van der Waals surface area contributed by atoms with Gasteiger partial charge in [0.05, 0.1) is 12.7 Å². The van der Waals surface area contributed by atoms with E-state index in [0.29, 0.717) is 6.79 Å². The molecule has 0 aromatic heterocycles. The summed E-state index contributed by atoms with van der Waals surface area (Å²) in [6.07, 6.45) is 1.15. The lowest BCUT2D eigenvalue weighted by Gasteiger charge is -2.23. The van der Waals surface area contributed by atoms with Crippen LogP contribution >= 0.6 is 0 Å². The van der Waals surface area contributed by atoms with Crippen LogP contribution in [0.3, 0.4) is 0 Å². The zero-order chi connectivity index (χ0) is 14.3. The van der Waals surface area contributed by atoms with Crippen LogP contribution in [0.4, 0.5) is 5.69 Å². The molecule has 4 heteroatoms. The molecule has 2 aromatic carbocycles. The Morgan fingerprint density at radius 3 is 2.48 bits per heavy atom. The fraction of sp³-hybridized carbons (Fsp3) is 0.294. The minimum absolute atomic E-state index is 0.221. The van der Waals surface area contributed by atoms with Crippen molar-refractivity contribution in [2.75, 3.05) is 25.3 Å². The Hall–Kier alpha value is -2.04. The summed E-state index contributed by atoms with van der Waals surface area (Å²) >= 11 is 0. The topological polar surface area (TPSA) is 39.7 Å². The van der Waals surface area contributed by atoms with Crippen molar-refractivity contribution < 1.29 is 14.2 Å². The molecule has 1 N–H and O–H groups in total. The lowest BCUT2D eigenvalue weighted by molar-refractivity contribution is -0.133. The molecule has 0 amide bonds. The van der Waals surface area contributed by atoms with E-state index in [9.17, 15) is 0 Å². The summed E-state index contributed by atoms with van der Waals surface area (Å²) in [4.78, 5) is 0. The summed E-state index contributed by atoms with van der Waals surface area (Å²) in [5.74, 6) is 1.67. The van der Waals surface area contributed by atoms with Crippen molar-refractivity contribution >= 4 is 5.69 Å². The van der Waals surface area contributed by atoms with Crippen molar-refractivity contribution in [3.63, 3.8) is 0 Å². The van der Waals surface area contributed by atoms with Crippen LogP contribution in [-0.2, 0) is 9.47 Å². The van der Waals surface area contributed by atoms with E-state index in [1.54, 1.807) is 0 Å². The van der Waals surface area contributed by atoms with Gasteiger partial charge >= 0.3 is 0 Å². The number of benzene rings is 2. The Morgan fingerprint density at radius 1 is 1.00 bits per heavy atom. The average Bonchev–Trinajstić information content (AvgIpc) is 2.56. The van der Waals surface area contributed by atoms with Crippen LogP contribution in [0.25, 0.3) is 0 Å². The molecule has 4 nitrogen and oxygen atoms in total. The molecule has 0 bridgehead atoms. The van der Waals surface area contributed by atoms with Crippen LogP contribution in [0.5, 0.6) is 11.5 Å². The van der Waals surface area contributed by atoms with Gasteiger partial charge in [0.15, 0.2) is 0 Å². The molecule has 1 aliphatic rings. The zero-order valence-electron chi connectivity index (χ0n) is 11.8. The molecule has 1 aliphatic heterocycles. The predicted octanol–water partition coefficient (Wildman–Crippen LogP) is 3.65. The molecular formula is C17H19NO3. The van der Waals surface area contributed by atoms with Gasteiger partial charge in [0, 0.05) is 12.2 Å². The Morgan fingerprint density at radius 2 is 1.76 bits per heavy atom. The third kappa shape index (κ3) is 4.21. The Bertz CT molecular complexity index is 536. The average molecular weight is 285 g/mol. The normalized spacial score (nSPS) is 18.2. The van der Waals surface area contributed by atoms with Crippen LogP contribution in [0.15, 0.2) is 54.6 Å². The highest BCUT2D eigenvalue weighted by Gasteiger charge is 2.13. The van der Waals surface area contributed by atoms with Crippen LogP contribution < -0.4 is 10.1 Å². The first-order chi connectivity index (χ1) is 10.4. The van der Waals surface area contributed by atoms with Crippen molar-refractivity contribution in [1.29, 1.82) is 0 Å². The van der Waals surface area contributed by atoms with E-state index < -0.39 is 0 Å². The zero-order valence-corrected chi connectivity index (χ0v) is 11.8. The van der Waals surface area contributed by atoms with Crippen molar-refractivity contribution in [2.24, 2.45) is 0 Å². The number of hydrogen-bond acceptors (Lipinski definition) is 4. The summed E-state index contributed by atoms with van der Waals surface area (Å²) in [5, 5.41) is 3.37. The Balaban J connectivity index is 1.51. The number of nitrogens with one attached hydrogen (secondary N) is 1. The fourth-order valence-electron chi connectivity index (χ4n) is 2.16. The van der Waals surface area contributed by atoms with Crippen LogP contribution in [-0.4, -0.2) is 26.0 Å². The fourth-order valence-corrected chi connectivity index (χ4v) is 2.16. The summed E-state index contributed by atoms with van der Waals surface area (Å²) in [6, 6.07) is 17.7. The molecular weight excluding hydrogens is 266 g/mol. The van der Waals surface area contributed by atoms with Gasteiger partial charge in [-0.05, 0) is 42.8 Å². The maximum Gasteiger partial charge on any atom is 0.147 e. The third-order valence-corrected chi connectivity index (χ3v) is 3.34. The number of para-hydroxylation sites is 1. The Labute approximate surface area is 124 Å². The molecule has 0 saturated carbocycles. The number of anilines is 1. The van der Waals surface area contributed by atoms with Crippen molar-refractivity contribution in [1.82, 2.24) is 0 Å². The molecule has 1 atom stereocenters. The van der Waals surface area contributed by atoms with Crippen molar-refractivity contribution in [3.8, 4) is 11.5 Å². The van der Waals surface area contributed by atoms with Gasteiger partial charge in [-0.25, -0.2) is 0 Å². The molecule has 0 aliphatic carbocycles. The van der Waals surface area contributed by atoms with Gasteiger partial charge in [0.2, 0.25) is 0 Å². The van der Waals surface area contributed by atoms with Gasteiger partial charge in [-0.2, -0.15) is 0 Å². The SMILES string of the molecule is c1ccc(Oc2ccc(NCC3CCOCO3)cc2)cc1. The molecule has 0 spiro atoms. The monoisotopic (exact) mass is 285 g/mol. The first-order valence-electron chi connectivity index (χ1n) is 7.16. The maximum atomic E-state index is 5.76. The smallest absolute Gasteiger partial charge is 0.147 e. The quantitative estimate of drug-likeness (QED) is 0.910. The van der Waals surface area contributed by atoms with E-state index >= 15 is 0 Å². The highest BCUT2D eigenvalue weighted by molar-refractivity contribution is 5.47. The van der Waals surface area contributed by atoms with E-state index in [0.717, 1.165) is 36.8 Å². The molecule has 21 heavy (non-hydrogen) atoms. The van der Waals surface area contributed by atoms with E-state index in [-0.39, 0.29) is 6.10 Å². The molecule has 1 fully saturated rings. The molecule has 1 saturated heterocycles. The summed E-state index contributed by atoms with van der Waals surface area (Å²) < 4.78 is 16.4. The highest BCUT2D eigenvalue weighted by atomic mass is 16.7. The molecule has 3 rings (SSSR count). The van der Waals surface area contributed by atoms with Gasteiger partial charge in [-0.3, -0.25) is 0 Å². The minimum Gasteiger partial charge on any atom is -0.457 e. The summed E-state index contributed by atoms with van der Waals surface area (Å²) in [7, 11) is 0. The second-order valence-corrected chi connectivity index (χ2v) is 4.92. The van der Waals surface area contributed by atoms with E-state index in [1.807, 2.05) is 54.6 Å². The molecule has 110 valence electrons. The molecule has 2 aromatic rings. The van der Waals surface area contributed by atoms with Gasteiger partial charge in [-0.1, -0.05) is 18.2 Å². The maximum absolute atomic E-state index is 5.76. The van der Waals surface area contributed by atoms with Crippen LogP contribution in [0, 0.1) is 0 Å². The number of hydrogen-bond donors (Lipinski definition) is 1. The molecule has 0 radical (unpaired) electrons. The van der Waals surface area contributed by atoms with Crippen LogP contribution in [0.2, 0.25) is 0 Å². The standard InChI is InChI=1S/C17H19NO3/c1-2-4-15(5-3-1)21-16-8-6-14(7-9-16)18-12-17-10-11-19-13-20-17/h1-9,17-18H,10-13H2. The first-order valence-corrected chi connectivity index (χ1v) is 7.16. The summed E-state index contributed by atoms with van der Waals surface area (Å²) in [5.41, 5.74) is 1.06. The van der Waals surface area contributed by atoms with Crippen molar-refractivity contribution in [2.45, 2.75) is 12.5 Å². The highest BCUT2D eigenvalue weighted by Crippen LogP contribution is 2.22. The Kier molecular flexibility index (Phi) is 4.71. The van der Waals surface area contributed by atoms with Gasteiger partial charge in [-0.15, -0.1) is 0 Å². The van der Waals surface area contributed by atoms with Gasteiger partial charge < -0.3 is 19.5 Å². The lowest BCUT2D eigenvalue weighted by atomic mass is 10.2. The van der Waals surface area contributed by atoms with Gasteiger partial charge in [0.1, 0.15) is 18.3 Å². The van der Waals surface area contributed by atoms with Crippen LogP contribution in [0.1, 0.15) is 6.42 Å². The number of ether oxygens (including phenoxy) is 3. The second-order valence-electron chi connectivity index (χ2n) is 4.92. The third-order valence-electron chi connectivity index (χ3n) is 3.34. The second kappa shape index (κ2) is 7.11. The minimum atomic E-state index is 0.221.